The van der Waals surface area contributed by atoms with E-state index in [1.165, 1.54) is 0 Å². The van der Waals surface area contributed by atoms with Crippen LogP contribution in [0.3, 0.4) is 0 Å². The lowest BCUT2D eigenvalue weighted by Crippen LogP contribution is -2.06. The van der Waals surface area contributed by atoms with Crippen molar-refractivity contribution in [3.63, 3.8) is 0 Å². The van der Waals surface area contributed by atoms with E-state index in [-0.39, 0.29) is 12.3 Å². The molecule has 82 valence electrons. The highest BCUT2D eigenvalue weighted by molar-refractivity contribution is 6.30. The Morgan fingerprint density at radius 3 is 2.67 bits per heavy atom. The normalized spacial score (nSPS) is 12.5. The molecule has 2 nitrogen and oxygen atoms in total. The van der Waals surface area contributed by atoms with Crippen molar-refractivity contribution in [1.29, 1.82) is 0 Å². The fourth-order valence-electron chi connectivity index (χ4n) is 1.78. The third-order valence-corrected chi connectivity index (χ3v) is 2.82. The van der Waals surface area contributed by atoms with Crippen LogP contribution >= 0.6 is 11.6 Å². The smallest absolute Gasteiger partial charge is 0.303 e. The predicted octanol–water partition coefficient (Wildman–Crippen LogP) is 3.62. The van der Waals surface area contributed by atoms with Crippen LogP contribution in [0.15, 0.2) is 18.2 Å². The van der Waals surface area contributed by atoms with E-state index in [1.807, 2.05) is 32.0 Å². The molecular weight excluding hydrogens is 212 g/mol. The highest BCUT2D eigenvalue weighted by atomic mass is 35.5. The summed E-state index contributed by atoms with van der Waals surface area (Å²) in [4.78, 5) is 10.7. The van der Waals surface area contributed by atoms with Crippen LogP contribution in [0.4, 0.5) is 0 Å². The number of carbonyl (C=O) groups is 1. The molecule has 0 heterocycles. The molecule has 1 unspecified atom stereocenters. The van der Waals surface area contributed by atoms with E-state index >= 15 is 0 Å². The van der Waals surface area contributed by atoms with Gasteiger partial charge in [-0.15, -0.1) is 0 Å². The molecule has 0 bridgehead atoms. The Hall–Kier alpha value is -1.02. The summed E-state index contributed by atoms with van der Waals surface area (Å²) in [5.74, 6) is -0.670. The fraction of sp³-hybridized carbons (Fsp3) is 0.417. The van der Waals surface area contributed by atoms with Gasteiger partial charge in [0.05, 0.1) is 6.42 Å². The van der Waals surface area contributed by atoms with Crippen molar-refractivity contribution >= 4 is 17.6 Å². The number of benzene rings is 1. The zero-order chi connectivity index (χ0) is 11.4. The third-order valence-electron chi connectivity index (χ3n) is 2.59. The van der Waals surface area contributed by atoms with Gasteiger partial charge in [0.25, 0.3) is 0 Å². The Morgan fingerprint density at radius 1 is 1.53 bits per heavy atom. The molecule has 0 saturated carbocycles. The molecule has 1 N–H and O–H groups in total. The Morgan fingerprint density at radius 2 is 2.20 bits per heavy atom. The number of carboxylic acid groups (broad SMARTS) is 1. The minimum absolute atomic E-state index is 0.0831. The first-order valence-corrected chi connectivity index (χ1v) is 5.40. The second kappa shape index (κ2) is 5.17. The first kappa shape index (κ1) is 12.1. The summed E-state index contributed by atoms with van der Waals surface area (Å²) >= 11 is 5.85. The summed E-state index contributed by atoms with van der Waals surface area (Å²) in [5, 5.41) is 9.49. The van der Waals surface area contributed by atoms with Crippen LogP contribution in [0, 0.1) is 6.92 Å². The van der Waals surface area contributed by atoms with Gasteiger partial charge in [0.15, 0.2) is 0 Å². The van der Waals surface area contributed by atoms with Crippen LogP contribution in [0.25, 0.3) is 0 Å². The molecule has 15 heavy (non-hydrogen) atoms. The van der Waals surface area contributed by atoms with Gasteiger partial charge in [0, 0.05) is 5.02 Å². The van der Waals surface area contributed by atoms with Crippen LogP contribution in [-0.2, 0) is 4.79 Å². The Labute approximate surface area is 94.9 Å². The number of rotatable bonds is 4. The minimum atomic E-state index is -0.754. The summed E-state index contributed by atoms with van der Waals surface area (Å²) in [7, 11) is 0. The molecule has 0 spiro atoms. The van der Waals surface area contributed by atoms with Crippen LogP contribution in [0.5, 0.6) is 0 Å². The highest BCUT2D eigenvalue weighted by Crippen LogP contribution is 2.27. The van der Waals surface area contributed by atoms with Crippen molar-refractivity contribution in [3.05, 3.63) is 34.3 Å². The second-order valence-corrected chi connectivity index (χ2v) is 4.14. The summed E-state index contributed by atoms with van der Waals surface area (Å²) < 4.78 is 0. The summed E-state index contributed by atoms with van der Waals surface area (Å²) in [5.41, 5.74) is 2.15. The van der Waals surface area contributed by atoms with Gasteiger partial charge in [0.2, 0.25) is 0 Å². The van der Waals surface area contributed by atoms with E-state index in [0.717, 1.165) is 17.5 Å². The molecule has 0 fully saturated rings. The molecule has 1 aromatic carbocycles. The molecule has 3 heteroatoms. The number of carboxylic acids is 1. The number of aryl methyl sites for hydroxylation is 1. The minimum Gasteiger partial charge on any atom is -0.481 e. The number of aliphatic carboxylic acids is 1. The van der Waals surface area contributed by atoms with E-state index in [0.29, 0.717) is 5.02 Å². The molecule has 1 atom stereocenters. The number of halogens is 1. The second-order valence-electron chi connectivity index (χ2n) is 3.70. The van der Waals surface area contributed by atoms with Gasteiger partial charge >= 0.3 is 5.97 Å². The topological polar surface area (TPSA) is 37.3 Å². The summed E-state index contributed by atoms with van der Waals surface area (Å²) in [6.45, 7) is 3.97. The molecule has 1 rings (SSSR count). The molecule has 0 radical (unpaired) electrons. The SMILES string of the molecule is CCC(CC(=O)O)c1ccc(Cl)cc1C. The molecule has 0 aromatic heterocycles. The van der Waals surface area contributed by atoms with Crippen LogP contribution in [0.1, 0.15) is 36.8 Å². The third kappa shape index (κ3) is 3.24. The van der Waals surface area contributed by atoms with E-state index < -0.39 is 5.97 Å². The maximum Gasteiger partial charge on any atom is 0.303 e. The van der Waals surface area contributed by atoms with Gasteiger partial charge < -0.3 is 5.11 Å². The molecule has 1 aromatic rings. The van der Waals surface area contributed by atoms with E-state index in [2.05, 4.69) is 0 Å². The first-order chi connectivity index (χ1) is 7.04. The molecule has 0 aliphatic carbocycles. The molecule has 0 aliphatic heterocycles. The monoisotopic (exact) mass is 226 g/mol. The van der Waals surface area contributed by atoms with Crippen molar-refractivity contribution in [2.75, 3.05) is 0 Å². The quantitative estimate of drug-likeness (QED) is 0.852. The van der Waals surface area contributed by atoms with Gasteiger partial charge in [-0.3, -0.25) is 4.79 Å². The van der Waals surface area contributed by atoms with Gasteiger partial charge in [0.1, 0.15) is 0 Å². The van der Waals surface area contributed by atoms with Crippen molar-refractivity contribution in [2.24, 2.45) is 0 Å². The largest absolute Gasteiger partial charge is 0.481 e. The average Bonchev–Trinajstić information content (AvgIpc) is 2.14. The van der Waals surface area contributed by atoms with E-state index in [9.17, 15) is 4.79 Å². The van der Waals surface area contributed by atoms with E-state index in [4.69, 9.17) is 16.7 Å². The highest BCUT2D eigenvalue weighted by Gasteiger charge is 2.15. The summed E-state index contributed by atoms with van der Waals surface area (Å²) in [6.07, 6.45) is 1.01. The predicted molar refractivity (Wildman–Crippen MR) is 61.5 cm³/mol. The van der Waals surface area contributed by atoms with Crippen molar-refractivity contribution in [3.8, 4) is 0 Å². The molecular formula is C12H15ClO2. The Balaban J connectivity index is 2.96. The van der Waals surface area contributed by atoms with E-state index in [1.54, 1.807) is 0 Å². The fourth-order valence-corrected chi connectivity index (χ4v) is 2.01. The van der Waals surface area contributed by atoms with Crippen molar-refractivity contribution < 1.29 is 9.90 Å². The zero-order valence-corrected chi connectivity index (χ0v) is 9.71. The van der Waals surface area contributed by atoms with Gasteiger partial charge in [-0.25, -0.2) is 0 Å². The molecule has 0 saturated heterocycles. The lowest BCUT2D eigenvalue weighted by Gasteiger charge is -2.15. The van der Waals surface area contributed by atoms with Crippen LogP contribution in [0.2, 0.25) is 5.02 Å². The molecule has 0 amide bonds. The van der Waals surface area contributed by atoms with Crippen LogP contribution in [-0.4, -0.2) is 11.1 Å². The lowest BCUT2D eigenvalue weighted by atomic mass is 9.90. The van der Waals surface area contributed by atoms with Crippen molar-refractivity contribution in [2.45, 2.75) is 32.6 Å². The van der Waals surface area contributed by atoms with Gasteiger partial charge in [-0.05, 0) is 42.5 Å². The number of hydrogen-bond acceptors (Lipinski definition) is 1. The van der Waals surface area contributed by atoms with Gasteiger partial charge in [-0.2, -0.15) is 0 Å². The lowest BCUT2D eigenvalue weighted by molar-refractivity contribution is -0.137. The first-order valence-electron chi connectivity index (χ1n) is 5.02. The maximum atomic E-state index is 10.7. The Bertz CT molecular complexity index is 361. The maximum absolute atomic E-state index is 10.7. The van der Waals surface area contributed by atoms with Crippen molar-refractivity contribution in [1.82, 2.24) is 0 Å². The van der Waals surface area contributed by atoms with Gasteiger partial charge in [-0.1, -0.05) is 24.6 Å². The Kier molecular flexibility index (Phi) is 4.15. The molecule has 0 aliphatic rings. The average molecular weight is 227 g/mol. The standard InChI is InChI=1S/C12H15ClO2/c1-3-9(7-12(14)15)11-5-4-10(13)6-8(11)2/h4-6,9H,3,7H2,1-2H3,(H,14,15). The number of hydrogen-bond donors (Lipinski definition) is 1. The summed E-state index contributed by atoms with van der Waals surface area (Å²) in [6, 6.07) is 5.62. The van der Waals surface area contributed by atoms with Crippen LogP contribution < -0.4 is 0 Å². The zero-order valence-electron chi connectivity index (χ0n) is 8.96.